The van der Waals surface area contributed by atoms with E-state index in [1.165, 1.54) is 56.9 Å². The lowest BCUT2D eigenvalue weighted by atomic mass is 9.92. The van der Waals surface area contributed by atoms with Crippen LogP contribution in [0.3, 0.4) is 0 Å². The molecule has 0 radical (unpaired) electrons. The van der Waals surface area contributed by atoms with Gasteiger partial charge in [0.05, 0.1) is 0 Å². The Morgan fingerprint density at radius 1 is 0.690 bits per heavy atom. The van der Waals surface area contributed by atoms with Gasteiger partial charge in [0.25, 0.3) is 0 Å². The first kappa shape index (κ1) is 23.4. The number of carbonyl (C=O) groups is 1. The molecule has 0 saturated carbocycles. The Bertz CT molecular complexity index is 702. The molecule has 0 spiro atoms. The molecule has 0 heterocycles. The monoisotopic (exact) mass is 392 g/mol. The highest BCUT2D eigenvalue weighted by Crippen LogP contribution is 2.27. The van der Waals surface area contributed by atoms with Gasteiger partial charge in [-0.25, -0.2) is 0 Å². The van der Waals surface area contributed by atoms with Crippen molar-refractivity contribution >= 4 is 5.78 Å². The van der Waals surface area contributed by atoms with Gasteiger partial charge in [-0.3, -0.25) is 4.79 Å². The second-order valence-electron chi connectivity index (χ2n) is 8.35. The molecule has 0 atom stereocenters. The van der Waals surface area contributed by atoms with Crippen molar-refractivity contribution < 1.29 is 4.79 Å². The molecule has 1 nitrogen and oxygen atoms in total. The highest BCUT2D eigenvalue weighted by Gasteiger charge is 2.13. The van der Waals surface area contributed by atoms with Crippen molar-refractivity contribution in [2.24, 2.45) is 0 Å². The Labute approximate surface area is 178 Å². The predicted molar refractivity (Wildman–Crippen MR) is 127 cm³/mol. The maximum Gasteiger partial charge on any atom is 0.163 e. The number of unbranched alkanes of at least 4 members (excludes halogenated alkanes) is 9. The predicted octanol–water partition coefficient (Wildman–Crippen LogP) is 8.80. The molecule has 0 unspecified atom stereocenters. The van der Waals surface area contributed by atoms with Gasteiger partial charge < -0.3 is 0 Å². The minimum absolute atomic E-state index is 0.301. The van der Waals surface area contributed by atoms with E-state index in [0.29, 0.717) is 12.2 Å². The molecule has 0 N–H and O–H groups in total. The van der Waals surface area contributed by atoms with Gasteiger partial charge in [0.15, 0.2) is 5.78 Å². The summed E-state index contributed by atoms with van der Waals surface area (Å²) in [5.41, 5.74) is 4.47. The largest absolute Gasteiger partial charge is 0.294 e. The summed E-state index contributed by atoms with van der Waals surface area (Å²) in [6, 6.07) is 16.9. The number of hydrogen-bond acceptors (Lipinski definition) is 1. The summed E-state index contributed by atoms with van der Waals surface area (Å²) >= 11 is 0. The number of benzene rings is 2. The highest BCUT2D eigenvalue weighted by atomic mass is 16.1. The fourth-order valence-electron chi connectivity index (χ4n) is 3.98. The van der Waals surface area contributed by atoms with E-state index in [1.807, 2.05) is 6.07 Å². The molecule has 0 amide bonds. The van der Waals surface area contributed by atoms with Crippen LogP contribution in [-0.2, 0) is 6.42 Å². The highest BCUT2D eigenvalue weighted by molar-refractivity contribution is 6.02. The average molecular weight is 393 g/mol. The summed E-state index contributed by atoms with van der Waals surface area (Å²) in [5, 5.41) is 0. The number of aryl methyl sites for hydroxylation is 1. The fraction of sp³-hybridized carbons (Fsp3) is 0.536. The quantitative estimate of drug-likeness (QED) is 0.218. The van der Waals surface area contributed by atoms with Gasteiger partial charge in [0, 0.05) is 12.0 Å². The Hall–Kier alpha value is -1.89. The van der Waals surface area contributed by atoms with Crippen LogP contribution in [0.5, 0.6) is 0 Å². The molecule has 1 heteroatoms. The summed E-state index contributed by atoms with van der Waals surface area (Å²) in [6.45, 7) is 4.45. The van der Waals surface area contributed by atoms with E-state index in [4.69, 9.17) is 0 Å². The van der Waals surface area contributed by atoms with E-state index in [9.17, 15) is 4.79 Å². The van der Waals surface area contributed by atoms with Gasteiger partial charge >= 0.3 is 0 Å². The summed E-state index contributed by atoms with van der Waals surface area (Å²) in [4.78, 5) is 13.0. The third-order valence-corrected chi connectivity index (χ3v) is 5.80. The molecule has 2 aromatic carbocycles. The summed E-state index contributed by atoms with van der Waals surface area (Å²) in [6.07, 6.45) is 15.7. The SMILES string of the molecule is CCCCCCCCCCc1ccc(-c2ccccc2)c(C(=O)CCCCC)c1. The van der Waals surface area contributed by atoms with Crippen LogP contribution in [0.1, 0.15) is 107 Å². The normalized spacial score (nSPS) is 11.0. The number of ketones is 1. The molecule has 0 aliphatic carbocycles. The van der Waals surface area contributed by atoms with Crippen LogP contribution in [0.25, 0.3) is 11.1 Å². The van der Waals surface area contributed by atoms with E-state index in [-0.39, 0.29) is 0 Å². The molecule has 0 fully saturated rings. The van der Waals surface area contributed by atoms with E-state index in [1.54, 1.807) is 0 Å². The number of hydrogen-bond donors (Lipinski definition) is 0. The zero-order chi connectivity index (χ0) is 20.7. The minimum atomic E-state index is 0.301. The Morgan fingerprint density at radius 2 is 1.31 bits per heavy atom. The second kappa shape index (κ2) is 14.1. The van der Waals surface area contributed by atoms with Crippen LogP contribution in [-0.4, -0.2) is 5.78 Å². The van der Waals surface area contributed by atoms with Crippen LogP contribution in [0, 0.1) is 0 Å². The lowest BCUT2D eigenvalue weighted by Crippen LogP contribution is -2.03. The van der Waals surface area contributed by atoms with Crippen molar-refractivity contribution in [2.45, 2.75) is 97.3 Å². The van der Waals surface area contributed by atoms with Gasteiger partial charge in [0.1, 0.15) is 0 Å². The maximum atomic E-state index is 13.0. The standard InChI is InChI=1S/C28H40O/c1-3-5-7-8-9-10-11-14-17-24-21-22-26(25-18-15-12-16-19-25)27(23-24)28(29)20-13-6-4-2/h12,15-16,18-19,21-23H,3-11,13-14,17,20H2,1-2H3. The van der Waals surface area contributed by atoms with E-state index < -0.39 is 0 Å². The van der Waals surface area contributed by atoms with Crippen molar-refractivity contribution in [2.75, 3.05) is 0 Å². The Kier molecular flexibility index (Phi) is 11.4. The van der Waals surface area contributed by atoms with Gasteiger partial charge in [0.2, 0.25) is 0 Å². The number of Topliss-reactive ketones (excluding diaryl/α,β-unsaturated/α-hetero) is 1. The third-order valence-electron chi connectivity index (χ3n) is 5.80. The zero-order valence-corrected chi connectivity index (χ0v) is 18.7. The Morgan fingerprint density at radius 3 is 2.00 bits per heavy atom. The fourth-order valence-corrected chi connectivity index (χ4v) is 3.98. The van der Waals surface area contributed by atoms with E-state index >= 15 is 0 Å². The van der Waals surface area contributed by atoms with Gasteiger partial charge in [-0.2, -0.15) is 0 Å². The van der Waals surface area contributed by atoms with Crippen LogP contribution < -0.4 is 0 Å². The molecule has 0 saturated heterocycles. The third kappa shape index (κ3) is 8.56. The second-order valence-corrected chi connectivity index (χ2v) is 8.35. The van der Waals surface area contributed by atoms with Crippen molar-refractivity contribution in [3.63, 3.8) is 0 Å². The Balaban J connectivity index is 1.97. The van der Waals surface area contributed by atoms with Gasteiger partial charge in [-0.15, -0.1) is 0 Å². The minimum Gasteiger partial charge on any atom is -0.294 e. The molecule has 29 heavy (non-hydrogen) atoms. The van der Waals surface area contributed by atoms with Crippen LogP contribution >= 0.6 is 0 Å². The van der Waals surface area contributed by atoms with Gasteiger partial charge in [-0.05, 0) is 42.0 Å². The van der Waals surface area contributed by atoms with E-state index in [0.717, 1.165) is 42.4 Å². The zero-order valence-electron chi connectivity index (χ0n) is 18.7. The molecule has 0 aliphatic rings. The van der Waals surface area contributed by atoms with Crippen LogP contribution in [0.15, 0.2) is 48.5 Å². The first-order valence-corrected chi connectivity index (χ1v) is 12.0. The first-order chi connectivity index (χ1) is 14.3. The maximum absolute atomic E-state index is 13.0. The lowest BCUT2D eigenvalue weighted by molar-refractivity contribution is 0.0980. The molecule has 0 aliphatic heterocycles. The van der Waals surface area contributed by atoms with Crippen molar-refractivity contribution in [3.05, 3.63) is 59.7 Å². The molecular formula is C28H40O. The number of rotatable bonds is 15. The smallest absolute Gasteiger partial charge is 0.163 e. The molecule has 158 valence electrons. The summed E-state index contributed by atoms with van der Waals surface area (Å²) < 4.78 is 0. The molecule has 2 aromatic rings. The van der Waals surface area contributed by atoms with Crippen molar-refractivity contribution in [1.82, 2.24) is 0 Å². The lowest BCUT2D eigenvalue weighted by Gasteiger charge is -2.12. The average Bonchev–Trinajstić information content (AvgIpc) is 2.76. The first-order valence-electron chi connectivity index (χ1n) is 12.0. The van der Waals surface area contributed by atoms with E-state index in [2.05, 4.69) is 56.3 Å². The number of carbonyl (C=O) groups excluding carboxylic acids is 1. The summed E-state index contributed by atoms with van der Waals surface area (Å²) in [5.74, 6) is 0.301. The molecule has 0 aromatic heterocycles. The van der Waals surface area contributed by atoms with Crippen LogP contribution in [0.2, 0.25) is 0 Å². The summed E-state index contributed by atoms with van der Waals surface area (Å²) in [7, 11) is 0. The van der Waals surface area contributed by atoms with Crippen molar-refractivity contribution in [1.29, 1.82) is 0 Å². The van der Waals surface area contributed by atoms with Crippen molar-refractivity contribution in [3.8, 4) is 11.1 Å². The topological polar surface area (TPSA) is 17.1 Å². The molecular weight excluding hydrogens is 352 g/mol. The van der Waals surface area contributed by atoms with Crippen LogP contribution in [0.4, 0.5) is 0 Å². The molecule has 0 bridgehead atoms. The molecule has 2 rings (SSSR count). The van der Waals surface area contributed by atoms with Gasteiger partial charge in [-0.1, -0.05) is 114 Å².